The molecule has 0 radical (unpaired) electrons. The van der Waals surface area contributed by atoms with E-state index in [1.165, 1.54) is 22.7 Å². The number of fused-ring (bicyclic) bond motifs is 4. The van der Waals surface area contributed by atoms with E-state index in [9.17, 15) is 19.2 Å². The molecule has 0 unspecified atom stereocenters. The molecule has 0 bridgehead atoms. The van der Waals surface area contributed by atoms with Gasteiger partial charge in [0.15, 0.2) is 23.4 Å². The highest BCUT2D eigenvalue weighted by molar-refractivity contribution is 7.25. The number of rotatable bonds is 12. The Bertz CT molecular complexity index is 2110. The van der Waals surface area contributed by atoms with Gasteiger partial charge in [-0.15, -0.1) is 22.7 Å². The molecule has 1 aliphatic heterocycles. The zero-order chi connectivity index (χ0) is 33.0. The lowest BCUT2D eigenvalue weighted by Gasteiger charge is -2.34. The molecule has 244 valence electrons. The van der Waals surface area contributed by atoms with Crippen LogP contribution in [0.5, 0.6) is 0 Å². The Kier molecular flexibility index (Phi) is 9.58. The summed E-state index contributed by atoms with van der Waals surface area (Å²) in [4.78, 5) is 55.2. The van der Waals surface area contributed by atoms with Crippen molar-refractivity contribution in [2.75, 3.05) is 63.0 Å². The smallest absolute Gasteiger partial charge is 0.197 e. The Labute approximate surface area is 285 Å². The lowest BCUT2D eigenvalue weighted by atomic mass is 10.1. The van der Waals surface area contributed by atoms with Crippen LogP contribution in [-0.4, -0.2) is 74.7 Å². The minimum absolute atomic E-state index is 0.0368. The standard InChI is InChI=1S/C38H36N4O4S2/c43-23-25-11-13-29(33-35(45)27-7-1-3-9-31(27)47-37(25)33)39-15-5-17-41-19-21-42(22-20-41)18-6-16-40-30-14-12-26(24-44)38-34(30)36(46)28-8-2-4-10-32(28)48-38/h1-4,7-14,23-24,39-40H,5-6,15-22H2. The molecule has 2 N–H and O–H groups in total. The van der Waals surface area contributed by atoms with Crippen molar-refractivity contribution >= 4 is 87.0 Å². The van der Waals surface area contributed by atoms with Crippen molar-refractivity contribution in [3.8, 4) is 0 Å². The van der Waals surface area contributed by atoms with Crippen molar-refractivity contribution < 1.29 is 9.59 Å². The monoisotopic (exact) mass is 676 g/mol. The molecule has 0 saturated carbocycles. The predicted molar refractivity (Wildman–Crippen MR) is 201 cm³/mol. The Morgan fingerprint density at radius 3 is 1.42 bits per heavy atom. The molecular weight excluding hydrogens is 641 g/mol. The molecule has 3 heterocycles. The second-order valence-corrected chi connectivity index (χ2v) is 14.3. The van der Waals surface area contributed by atoms with Crippen LogP contribution in [-0.2, 0) is 0 Å². The van der Waals surface area contributed by atoms with Gasteiger partial charge in [-0.2, -0.15) is 0 Å². The molecule has 0 spiro atoms. The van der Waals surface area contributed by atoms with Gasteiger partial charge in [-0.05, 0) is 74.5 Å². The van der Waals surface area contributed by atoms with Gasteiger partial charge in [0.1, 0.15) is 0 Å². The van der Waals surface area contributed by atoms with Gasteiger partial charge in [0.05, 0.1) is 20.2 Å². The van der Waals surface area contributed by atoms with Gasteiger partial charge >= 0.3 is 0 Å². The van der Waals surface area contributed by atoms with Gasteiger partial charge in [-0.1, -0.05) is 24.3 Å². The highest BCUT2D eigenvalue weighted by Gasteiger charge is 2.18. The molecule has 1 aliphatic rings. The SMILES string of the molecule is O=Cc1ccc(NCCCN2CCN(CCCNc3ccc(C=O)c4sc5ccccc5c(=O)c34)CC2)c2c(=O)c3ccccc3sc12. The number of anilines is 2. The third-order valence-corrected chi connectivity index (χ3v) is 11.6. The van der Waals surface area contributed by atoms with E-state index in [1.54, 1.807) is 12.1 Å². The molecule has 2 aromatic heterocycles. The summed E-state index contributed by atoms with van der Waals surface area (Å²) in [5.74, 6) is 0. The normalized spacial score (nSPS) is 14.2. The first-order chi connectivity index (χ1) is 23.6. The summed E-state index contributed by atoms with van der Waals surface area (Å²) in [5, 5.41) is 9.52. The fraction of sp³-hybridized carbons (Fsp3) is 0.263. The molecule has 0 amide bonds. The lowest BCUT2D eigenvalue weighted by Crippen LogP contribution is -2.47. The van der Waals surface area contributed by atoms with Crippen molar-refractivity contribution in [2.24, 2.45) is 0 Å². The Morgan fingerprint density at radius 1 is 0.583 bits per heavy atom. The molecule has 6 aromatic rings. The van der Waals surface area contributed by atoms with E-state index in [2.05, 4.69) is 20.4 Å². The topological polar surface area (TPSA) is 98.8 Å². The molecule has 8 nitrogen and oxygen atoms in total. The highest BCUT2D eigenvalue weighted by atomic mass is 32.1. The highest BCUT2D eigenvalue weighted by Crippen LogP contribution is 2.32. The molecule has 10 heteroatoms. The molecule has 0 atom stereocenters. The summed E-state index contributed by atoms with van der Waals surface area (Å²) in [6.07, 6.45) is 3.55. The van der Waals surface area contributed by atoms with Crippen LogP contribution in [0.25, 0.3) is 40.3 Å². The van der Waals surface area contributed by atoms with Crippen molar-refractivity contribution in [3.05, 3.63) is 104 Å². The van der Waals surface area contributed by atoms with Crippen LogP contribution in [0, 0.1) is 0 Å². The third kappa shape index (κ3) is 6.36. The molecule has 7 rings (SSSR count). The fourth-order valence-electron chi connectivity index (χ4n) is 6.61. The van der Waals surface area contributed by atoms with E-state index >= 15 is 0 Å². The number of carbonyl (C=O) groups excluding carboxylic acids is 2. The van der Waals surface area contributed by atoms with Gasteiger partial charge in [0, 0.05) is 81.9 Å². The zero-order valence-electron chi connectivity index (χ0n) is 26.5. The van der Waals surface area contributed by atoms with Gasteiger partial charge in [-0.25, -0.2) is 0 Å². The number of piperazine rings is 1. The Balaban J connectivity index is 0.892. The molecule has 4 aromatic carbocycles. The van der Waals surface area contributed by atoms with Crippen molar-refractivity contribution in [2.45, 2.75) is 12.8 Å². The van der Waals surface area contributed by atoms with E-state index in [-0.39, 0.29) is 10.9 Å². The molecule has 1 fully saturated rings. The van der Waals surface area contributed by atoms with Crippen LogP contribution in [0.1, 0.15) is 33.6 Å². The zero-order valence-corrected chi connectivity index (χ0v) is 28.1. The number of hydrogen-bond acceptors (Lipinski definition) is 10. The summed E-state index contributed by atoms with van der Waals surface area (Å²) >= 11 is 2.98. The van der Waals surface area contributed by atoms with Gasteiger partial charge in [-0.3, -0.25) is 19.2 Å². The predicted octanol–water partition coefficient (Wildman–Crippen LogP) is 6.69. The number of nitrogens with zero attached hydrogens (tertiary/aromatic N) is 2. The van der Waals surface area contributed by atoms with E-state index in [1.807, 2.05) is 60.7 Å². The van der Waals surface area contributed by atoms with Crippen LogP contribution < -0.4 is 21.5 Å². The minimum Gasteiger partial charge on any atom is -0.384 e. The Hall–Kier alpha value is -4.48. The molecule has 0 aliphatic carbocycles. The quantitative estimate of drug-likeness (QED) is 0.0841. The number of benzene rings is 4. The number of aldehydes is 2. The van der Waals surface area contributed by atoms with Crippen molar-refractivity contribution in [1.29, 1.82) is 0 Å². The van der Waals surface area contributed by atoms with Crippen LogP contribution >= 0.6 is 22.7 Å². The molecule has 1 saturated heterocycles. The Morgan fingerprint density at radius 2 is 1.00 bits per heavy atom. The van der Waals surface area contributed by atoms with Crippen molar-refractivity contribution in [1.82, 2.24) is 9.80 Å². The van der Waals surface area contributed by atoms with Gasteiger partial charge in [0.2, 0.25) is 0 Å². The second-order valence-electron chi connectivity index (χ2n) is 12.1. The second kappa shape index (κ2) is 14.3. The van der Waals surface area contributed by atoms with E-state index in [4.69, 9.17) is 0 Å². The number of nitrogens with one attached hydrogen (secondary N) is 2. The maximum absolute atomic E-state index is 13.4. The van der Waals surface area contributed by atoms with Crippen LogP contribution in [0.4, 0.5) is 11.4 Å². The lowest BCUT2D eigenvalue weighted by molar-refractivity contribution is 0.111. The third-order valence-electron chi connectivity index (χ3n) is 9.17. The fourth-order valence-corrected chi connectivity index (χ4v) is 8.96. The van der Waals surface area contributed by atoms with E-state index < -0.39 is 0 Å². The van der Waals surface area contributed by atoms with Crippen molar-refractivity contribution in [3.63, 3.8) is 0 Å². The van der Waals surface area contributed by atoms with E-state index in [0.717, 1.165) is 108 Å². The van der Waals surface area contributed by atoms with Crippen LogP contribution in [0.3, 0.4) is 0 Å². The average Bonchev–Trinajstić information content (AvgIpc) is 3.12. The molecule has 48 heavy (non-hydrogen) atoms. The first kappa shape index (κ1) is 32.1. The number of hydrogen-bond donors (Lipinski definition) is 2. The summed E-state index contributed by atoms with van der Waals surface area (Å²) in [7, 11) is 0. The maximum Gasteiger partial charge on any atom is 0.197 e. The molecular formula is C38H36N4O4S2. The van der Waals surface area contributed by atoms with Gasteiger partial charge in [0.25, 0.3) is 0 Å². The first-order valence-electron chi connectivity index (χ1n) is 16.4. The van der Waals surface area contributed by atoms with Crippen LogP contribution in [0.15, 0.2) is 82.4 Å². The largest absolute Gasteiger partial charge is 0.384 e. The summed E-state index contributed by atoms with van der Waals surface area (Å²) in [6.45, 7) is 7.45. The van der Waals surface area contributed by atoms with E-state index in [0.29, 0.717) is 32.7 Å². The summed E-state index contributed by atoms with van der Waals surface area (Å²) < 4.78 is 3.24. The van der Waals surface area contributed by atoms with Crippen LogP contribution in [0.2, 0.25) is 0 Å². The number of carbonyl (C=O) groups is 2. The average molecular weight is 677 g/mol. The van der Waals surface area contributed by atoms with Gasteiger partial charge < -0.3 is 20.4 Å². The maximum atomic E-state index is 13.4. The minimum atomic E-state index is -0.0368. The summed E-state index contributed by atoms with van der Waals surface area (Å²) in [5.41, 5.74) is 2.59. The summed E-state index contributed by atoms with van der Waals surface area (Å²) in [6, 6.07) is 22.4. The first-order valence-corrected chi connectivity index (χ1v) is 18.0.